The van der Waals surface area contributed by atoms with Crippen molar-refractivity contribution in [2.75, 3.05) is 13.7 Å². The number of methoxy groups -OCH3 is 1. The minimum atomic E-state index is -0.495. The van der Waals surface area contributed by atoms with Crippen LogP contribution >= 0.6 is 12.2 Å². The molecule has 7 heteroatoms. The molecular weight excluding hydrogens is 530 g/mol. The maximum atomic E-state index is 13.2. The topological polar surface area (TPSA) is 75.4 Å². The van der Waals surface area contributed by atoms with Gasteiger partial charge in [-0.25, -0.2) is 4.79 Å². The zero-order valence-electron chi connectivity index (χ0n) is 22.7. The third-order valence-corrected chi connectivity index (χ3v) is 8.11. The lowest BCUT2D eigenvalue weighted by Gasteiger charge is -2.22. The first-order chi connectivity index (χ1) is 20.1. The molecule has 41 heavy (non-hydrogen) atoms. The lowest BCUT2D eigenvalue weighted by Crippen LogP contribution is -2.47. The van der Waals surface area contributed by atoms with Gasteiger partial charge in [0.05, 0.1) is 18.1 Å². The second-order valence-corrected chi connectivity index (χ2v) is 10.6. The fourth-order valence-electron chi connectivity index (χ4n) is 5.57. The number of aromatic nitrogens is 1. The van der Waals surface area contributed by atoms with Crippen molar-refractivity contribution in [3.05, 3.63) is 126 Å². The number of rotatable bonds is 9. The molecule has 1 atom stereocenters. The standard InChI is InChI=1S/C34H31N3O3S/c1-39-24-16-14-22(15-17-24)19-36-33(41)32(18-23-20-35-31-13-7-6-8-25(23)31)37-34(38)40-21-30-28-11-4-2-9-26(28)27-10-3-5-12-29(27)30/h2-17,20,30,32,35H,18-19,21H2,1H3,(H,36,41)(H,37,38)/t32-/m0/s1. The lowest BCUT2D eigenvalue weighted by molar-refractivity contribution is 0.141. The molecule has 1 amide bonds. The smallest absolute Gasteiger partial charge is 0.407 e. The van der Waals surface area contributed by atoms with Crippen LogP contribution in [0.2, 0.25) is 0 Å². The van der Waals surface area contributed by atoms with Crippen molar-refractivity contribution >= 4 is 34.2 Å². The van der Waals surface area contributed by atoms with Crippen molar-refractivity contribution < 1.29 is 14.3 Å². The molecule has 0 radical (unpaired) electrons. The van der Waals surface area contributed by atoms with Gasteiger partial charge in [0.2, 0.25) is 0 Å². The molecule has 1 aliphatic rings. The molecule has 6 nitrogen and oxygen atoms in total. The summed E-state index contributed by atoms with van der Waals surface area (Å²) in [5.74, 6) is 0.783. The van der Waals surface area contributed by atoms with Crippen LogP contribution in [0.3, 0.4) is 0 Å². The highest BCUT2D eigenvalue weighted by Crippen LogP contribution is 2.44. The van der Waals surface area contributed by atoms with Gasteiger partial charge in [0.15, 0.2) is 0 Å². The van der Waals surface area contributed by atoms with Crippen molar-refractivity contribution in [3.8, 4) is 16.9 Å². The Kier molecular flexibility index (Phi) is 7.69. The van der Waals surface area contributed by atoms with E-state index >= 15 is 0 Å². The van der Waals surface area contributed by atoms with Gasteiger partial charge in [0, 0.05) is 36.0 Å². The highest BCUT2D eigenvalue weighted by Gasteiger charge is 2.29. The van der Waals surface area contributed by atoms with Gasteiger partial charge >= 0.3 is 6.09 Å². The molecule has 0 fully saturated rings. The first-order valence-corrected chi connectivity index (χ1v) is 14.1. The van der Waals surface area contributed by atoms with Gasteiger partial charge in [0.25, 0.3) is 0 Å². The zero-order valence-corrected chi connectivity index (χ0v) is 23.5. The van der Waals surface area contributed by atoms with Crippen LogP contribution in [0.25, 0.3) is 22.0 Å². The van der Waals surface area contributed by atoms with E-state index in [9.17, 15) is 4.79 Å². The Labute approximate surface area is 244 Å². The molecule has 206 valence electrons. The Bertz CT molecular complexity index is 1650. The number of alkyl carbamates (subject to hydrolysis) is 1. The minimum absolute atomic E-state index is 0.0136. The Morgan fingerprint density at radius 3 is 2.27 bits per heavy atom. The van der Waals surface area contributed by atoms with Crippen LogP contribution in [0.4, 0.5) is 4.79 Å². The third kappa shape index (κ3) is 5.67. The van der Waals surface area contributed by atoms with Crippen molar-refractivity contribution in [2.24, 2.45) is 0 Å². The second kappa shape index (κ2) is 11.9. The SMILES string of the molecule is COc1ccc(CNC(=S)[C@H](Cc2c[nH]c3ccccc23)NC(=O)OCC2c3ccccc3-c3ccccc32)cc1. The summed E-state index contributed by atoms with van der Waals surface area (Å²) < 4.78 is 11.1. The molecular formula is C34H31N3O3S. The van der Waals surface area contributed by atoms with Crippen LogP contribution in [0.5, 0.6) is 5.75 Å². The number of carbonyl (C=O) groups excluding carboxylic acids is 1. The van der Waals surface area contributed by atoms with Crippen LogP contribution in [0.15, 0.2) is 103 Å². The van der Waals surface area contributed by atoms with E-state index in [1.54, 1.807) is 7.11 Å². The van der Waals surface area contributed by atoms with Crippen LogP contribution < -0.4 is 15.4 Å². The number of ether oxygens (including phenoxy) is 2. The average Bonchev–Trinajstić information content (AvgIpc) is 3.57. The minimum Gasteiger partial charge on any atom is -0.497 e. The Balaban J connectivity index is 1.16. The van der Waals surface area contributed by atoms with Crippen LogP contribution in [-0.4, -0.2) is 35.8 Å². The number of benzene rings is 4. The Morgan fingerprint density at radius 1 is 0.902 bits per heavy atom. The van der Waals surface area contributed by atoms with Crippen molar-refractivity contribution in [1.82, 2.24) is 15.6 Å². The maximum absolute atomic E-state index is 13.2. The van der Waals surface area contributed by atoms with E-state index < -0.39 is 12.1 Å². The number of carbonyl (C=O) groups is 1. The molecule has 0 spiro atoms. The largest absolute Gasteiger partial charge is 0.497 e. The van der Waals surface area contributed by atoms with Gasteiger partial charge in [-0.05, 0) is 51.6 Å². The molecule has 6 rings (SSSR count). The summed E-state index contributed by atoms with van der Waals surface area (Å²) >= 11 is 5.82. The van der Waals surface area contributed by atoms with Gasteiger partial charge in [0.1, 0.15) is 12.4 Å². The first-order valence-electron chi connectivity index (χ1n) is 13.7. The zero-order chi connectivity index (χ0) is 28.2. The molecule has 1 aliphatic carbocycles. The molecule has 1 aromatic heterocycles. The molecule has 0 saturated heterocycles. The highest BCUT2D eigenvalue weighted by atomic mass is 32.1. The molecule has 1 heterocycles. The number of hydrogen-bond donors (Lipinski definition) is 3. The summed E-state index contributed by atoms with van der Waals surface area (Å²) in [7, 11) is 1.65. The van der Waals surface area contributed by atoms with Gasteiger partial charge in [-0.15, -0.1) is 0 Å². The molecule has 4 aromatic carbocycles. The number of nitrogens with one attached hydrogen (secondary N) is 3. The van der Waals surface area contributed by atoms with Crippen LogP contribution in [0, 0.1) is 0 Å². The highest BCUT2D eigenvalue weighted by molar-refractivity contribution is 7.80. The van der Waals surface area contributed by atoms with E-state index in [2.05, 4.69) is 45.9 Å². The summed E-state index contributed by atoms with van der Waals surface area (Å²) in [5.41, 5.74) is 7.90. The summed E-state index contributed by atoms with van der Waals surface area (Å²) in [6, 6.07) is 32.1. The first kappa shape index (κ1) is 26.6. The average molecular weight is 562 g/mol. The number of hydrogen-bond acceptors (Lipinski definition) is 4. The Morgan fingerprint density at radius 2 is 1.56 bits per heavy atom. The van der Waals surface area contributed by atoms with E-state index in [1.165, 1.54) is 22.3 Å². The number of amides is 1. The predicted molar refractivity (Wildman–Crippen MR) is 166 cm³/mol. The summed E-state index contributed by atoms with van der Waals surface area (Å²) in [4.78, 5) is 17.1. The summed E-state index contributed by atoms with van der Waals surface area (Å²) in [6.45, 7) is 0.769. The Hall–Kier alpha value is -4.62. The number of para-hydroxylation sites is 1. The number of fused-ring (bicyclic) bond motifs is 4. The van der Waals surface area contributed by atoms with Gasteiger partial charge < -0.3 is 25.1 Å². The lowest BCUT2D eigenvalue weighted by atomic mass is 9.98. The molecule has 0 bridgehead atoms. The normalized spacial score (nSPS) is 12.8. The van der Waals surface area contributed by atoms with E-state index in [-0.39, 0.29) is 12.5 Å². The van der Waals surface area contributed by atoms with Crippen molar-refractivity contribution in [2.45, 2.75) is 24.9 Å². The molecule has 0 aliphatic heterocycles. The van der Waals surface area contributed by atoms with Gasteiger partial charge in [-0.3, -0.25) is 0 Å². The molecule has 0 unspecified atom stereocenters. The second-order valence-electron chi connectivity index (χ2n) is 10.2. The monoisotopic (exact) mass is 561 g/mol. The van der Waals surface area contributed by atoms with Gasteiger partial charge in [-0.1, -0.05) is 91.1 Å². The molecule has 0 saturated carbocycles. The van der Waals surface area contributed by atoms with E-state index in [0.717, 1.165) is 27.8 Å². The van der Waals surface area contributed by atoms with E-state index in [0.29, 0.717) is 18.0 Å². The number of thiocarbonyl (C=S) groups is 1. The van der Waals surface area contributed by atoms with Crippen molar-refractivity contribution in [3.63, 3.8) is 0 Å². The third-order valence-electron chi connectivity index (χ3n) is 7.68. The molecule has 5 aromatic rings. The summed E-state index contributed by atoms with van der Waals surface area (Å²) in [5, 5.41) is 7.48. The fraction of sp³-hybridized carbons (Fsp3) is 0.176. The predicted octanol–water partition coefficient (Wildman–Crippen LogP) is 6.74. The number of aromatic amines is 1. The van der Waals surface area contributed by atoms with E-state index in [4.69, 9.17) is 21.7 Å². The summed E-state index contributed by atoms with van der Waals surface area (Å²) in [6.07, 6.45) is 2.00. The number of H-pyrrole nitrogens is 1. The van der Waals surface area contributed by atoms with E-state index in [1.807, 2.05) is 72.9 Å². The maximum Gasteiger partial charge on any atom is 0.407 e. The van der Waals surface area contributed by atoms with Crippen molar-refractivity contribution in [1.29, 1.82) is 0 Å². The van der Waals surface area contributed by atoms with Crippen LogP contribution in [0.1, 0.15) is 28.2 Å². The van der Waals surface area contributed by atoms with Crippen LogP contribution in [-0.2, 0) is 17.7 Å². The molecule has 3 N–H and O–H groups in total. The fourth-order valence-corrected chi connectivity index (χ4v) is 5.78. The van der Waals surface area contributed by atoms with Gasteiger partial charge in [-0.2, -0.15) is 0 Å². The quantitative estimate of drug-likeness (QED) is 0.174.